The van der Waals surface area contributed by atoms with Crippen molar-refractivity contribution in [2.75, 3.05) is 33.9 Å². The zero-order valence-electron chi connectivity index (χ0n) is 12.3. The Morgan fingerprint density at radius 1 is 1.20 bits per heavy atom. The molecule has 20 heavy (non-hydrogen) atoms. The summed E-state index contributed by atoms with van der Waals surface area (Å²) in [6.07, 6.45) is 0.162. The minimum Gasteiger partial charge on any atom is -0.504 e. The quantitative estimate of drug-likeness (QED) is 0.859. The zero-order valence-corrected chi connectivity index (χ0v) is 12.3. The molecule has 112 valence electrons. The summed E-state index contributed by atoms with van der Waals surface area (Å²) in [7, 11) is 3.40. The summed E-state index contributed by atoms with van der Waals surface area (Å²) in [6.45, 7) is 4.70. The summed E-state index contributed by atoms with van der Waals surface area (Å²) in [6, 6.07) is 5.60. The highest BCUT2D eigenvalue weighted by atomic mass is 16.5. The van der Waals surface area contributed by atoms with E-state index in [1.165, 1.54) is 0 Å². The van der Waals surface area contributed by atoms with Gasteiger partial charge in [-0.05, 0) is 13.0 Å². The van der Waals surface area contributed by atoms with E-state index in [1.807, 2.05) is 19.1 Å². The van der Waals surface area contributed by atoms with Gasteiger partial charge in [-0.25, -0.2) is 0 Å². The van der Waals surface area contributed by atoms with Crippen LogP contribution < -0.4 is 4.74 Å². The monoisotopic (exact) mass is 281 g/mol. The summed E-state index contributed by atoms with van der Waals surface area (Å²) in [5.74, 6) is 0.764. The number of phenolic OH excluding ortho intramolecular Hbond substituents is 1. The molecule has 1 saturated heterocycles. The van der Waals surface area contributed by atoms with Crippen LogP contribution in [-0.4, -0.2) is 56.1 Å². The summed E-state index contributed by atoms with van der Waals surface area (Å²) in [4.78, 5) is 2.22. The predicted octanol–water partition coefficient (Wildman–Crippen LogP) is 1.64. The standard InChI is InChI=1S/C15H23NO4/c1-4-20-12-7-5-6-11(15(12)17)8-16-9-13(18-2)14(10-16)19-3/h5-7,13-14,17H,4,8-10H2,1-3H3. The van der Waals surface area contributed by atoms with Gasteiger partial charge in [0, 0.05) is 39.4 Å². The average Bonchev–Trinajstić information content (AvgIpc) is 2.85. The van der Waals surface area contributed by atoms with E-state index in [-0.39, 0.29) is 18.0 Å². The number of benzene rings is 1. The first kappa shape index (κ1) is 15.1. The van der Waals surface area contributed by atoms with Crippen LogP contribution in [-0.2, 0) is 16.0 Å². The van der Waals surface area contributed by atoms with Gasteiger partial charge in [0.25, 0.3) is 0 Å². The van der Waals surface area contributed by atoms with Crippen molar-refractivity contribution >= 4 is 0 Å². The summed E-state index contributed by atoms with van der Waals surface area (Å²) < 4.78 is 16.3. The van der Waals surface area contributed by atoms with E-state index >= 15 is 0 Å². The van der Waals surface area contributed by atoms with E-state index in [0.717, 1.165) is 18.7 Å². The Morgan fingerprint density at radius 3 is 2.40 bits per heavy atom. The largest absolute Gasteiger partial charge is 0.504 e. The van der Waals surface area contributed by atoms with E-state index < -0.39 is 0 Å². The van der Waals surface area contributed by atoms with Crippen molar-refractivity contribution in [2.45, 2.75) is 25.7 Å². The number of hydrogen-bond acceptors (Lipinski definition) is 5. The highest BCUT2D eigenvalue weighted by Crippen LogP contribution is 2.31. The summed E-state index contributed by atoms with van der Waals surface area (Å²) in [5.41, 5.74) is 0.863. The second-order valence-electron chi connectivity index (χ2n) is 4.94. The third-order valence-electron chi connectivity index (χ3n) is 3.67. The van der Waals surface area contributed by atoms with Crippen molar-refractivity contribution in [3.63, 3.8) is 0 Å². The van der Waals surface area contributed by atoms with Crippen LogP contribution in [0.2, 0.25) is 0 Å². The molecule has 5 nitrogen and oxygen atoms in total. The van der Waals surface area contributed by atoms with Crippen LogP contribution in [0.25, 0.3) is 0 Å². The van der Waals surface area contributed by atoms with Crippen LogP contribution in [0.5, 0.6) is 11.5 Å². The third kappa shape index (κ3) is 3.23. The molecule has 1 heterocycles. The zero-order chi connectivity index (χ0) is 14.5. The van der Waals surface area contributed by atoms with Crippen molar-refractivity contribution in [3.8, 4) is 11.5 Å². The molecule has 1 aliphatic heterocycles. The van der Waals surface area contributed by atoms with Crippen molar-refractivity contribution in [1.29, 1.82) is 0 Å². The molecule has 1 aliphatic rings. The molecule has 1 aromatic rings. The van der Waals surface area contributed by atoms with Crippen LogP contribution >= 0.6 is 0 Å². The Morgan fingerprint density at radius 2 is 1.85 bits per heavy atom. The van der Waals surface area contributed by atoms with E-state index in [0.29, 0.717) is 18.9 Å². The molecule has 5 heteroatoms. The minimum atomic E-state index is 0.0808. The molecule has 2 rings (SSSR count). The first-order valence-corrected chi connectivity index (χ1v) is 6.91. The van der Waals surface area contributed by atoms with E-state index in [2.05, 4.69) is 4.90 Å². The first-order chi connectivity index (χ1) is 9.69. The van der Waals surface area contributed by atoms with Crippen molar-refractivity contribution in [3.05, 3.63) is 23.8 Å². The molecule has 0 amide bonds. The number of likely N-dealkylation sites (tertiary alicyclic amines) is 1. The van der Waals surface area contributed by atoms with E-state index in [4.69, 9.17) is 14.2 Å². The second-order valence-corrected chi connectivity index (χ2v) is 4.94. The number of methoxy groups -OCH3 is 2. The number of phenols is 1. The van der Waals surface area contributed by atoms with Gasteiger partial charge in [-0.3, -0.25) is 4.90 Å². The molecule has 0 aliphatic carbocycles. The van der Waals surface area contributed by atoms with E-state index in [1.54, 1.807) is 20.3 Å². The molecule has 2 unspecified atom stereocenters. The SMILES string of the molecule is CCOc1cccc(CN2CC(OC)C(OC)C2)c1O. The van der Waals surface area contributed by atoms with E-state index in [9.17, 15) is 5.11 Å². The maximum Gasteiger partial charge on any atom is 0.162 e. The van der Waals surface area contributed by atoms with Gasteiger partial charge in [0.15, 0.2) is 11.5 Å². The fourth-order valence-electron chi connectivity index (χ4n) is 2.61. The lowest BCUT2D eigenvalue weighted by Gasteiger charge is -2.17. The lowest BCUT2D eigenvalue weighted by atomic mass is 10.1. The molecule has 1 N–H and O–H groups in total. The van der Waals surface area contributed by atoms with Crippen molar-refractivity contribution in [1.82, 2.24) is 4.90 Å². The normalized spacial score (nSPS) is 23.1. The number of hydrogen-bond donors (Lipinski definition) is 1. The minimum absolute atomic E-state index is 0.0808. The average molecular weight is 281 g/mol. The molecule has 1 fully saturated rings. The number of rotatable bonds is 6. The Balaban J connectivity index is 2.05. The third-order valence-corrected chi connectivity index (χ3v) is 3.67. The lowest BCUT2D eigenvalue weighted by Crippen LogP contribution is -2.27. The van der Waals surface area contributed by atoms with Gasteiger partial charge in [-0.2, -0.15) is 0 Å². The molecular formula is C15H23NO4. The van der Waals surface area contributed by atoms with Gasteiger partial charge in [-0.1, -0.05) is 12.1 Å². The van der Waals surface area contributed by atoms with Gasteiger partial charge >= 0.3 is 0 Å². The summed E-state index contributed by atoms with van der Waals surface area (Å²) >= 11 is 0. The second kappa shape index (κ2) is 6.92. The number of nitrogens with zero attached hydrogens (tertiary/aromatic N) is 1. The Labute approximate surface area is 120 Å². The number of aromatic hydroxyl groups is 1. The number of ether oxygens (including phenoxy) is 3. The van der Waals surface area contributed by atoms with Crippen LogP contribution in [0.4, 0.5) is 0 Å². The smallest absolute Gasteiger partial charge is 0.162 e. The fraction of sp³-hybridized carbons (Fsp3) is 0.600. The summed E-state index contributed by atoms with van der Waals surface area (Å²) in [5, 5.41) is 10.2. The molecule has 0 radical (unpaired) electrons. The topological polar surface area (TPSA) is 51.2 Å². The Kier molecular flexibility index (Phi) is 5.23. The van der Waals surface area contributed by atoms with Gasteiger partial charge in [0.1, 0.15) is 0 Å². The van der Waals surface area contributed by atoms with Crippen molar-refractivity contribution in [2.24, 2.45) is 0 Å². The van der Waals surface area contributed by atoms with Crippen molar-refractivity contribution < 1.29 is 19.3 Å². The van der Waals surface area contributed by atoms with Crippen LogP contribution in [0.15, 0.2) is 18.2 Å². The van der Waals surface area contributed by atoms with Gasteiger partial charge in [0.05, 0.1) is 18.8 Å². The molecule has 1 aromatic carbocycles. The first-order valence-electron chi connectivity index (χ1n) is 6.91. The molecule has 0 bridgehead atoms. The highest BCUT2D eigenvalue weighted by molar-refractivity contribution is 5.45. The maximum absolute atomic E-state index is 10.2. The lowest BCUT2D eigenvalue weighted by molar-refractivity contribution is -0.00461. The number of para-hydroxylation sites is 1. The molecular weight excluding hydrogens is 258 g/mol. The van der Waals surface area contributed by atoms with Gasteiger partial charge < -0.3 is 19.3 Å². The molecule has 0 aromatic heterocycles. The molecule has 0 saturated carbocycles. The van der Waals surface area contributed by atoms with Crippen LogP contribution in [0.1, 0.15) is 12.5 Å². The predicted molar refractivity (Wildman–Crippen MR) is 76.1 cm³/mol. The van der Waals surface area contributed by atoms with Crippen LogP contribution in [0.3, 0.4) is 0 Å². The van der Waals surface area contributed by atoms with Crippen LogP contribution in [0, 0.1) is 0 Å². The molecule has 0 spiro atoms. The Bertz CT molecular complexity index is 426. The Hall–Kier alpha value is -1.30. The highest BCUT2D eigenvalue weighted by Gasteiger charge is 2.33. The molecule has 2 atom stereocenters. The maximum atomic E-state index is 10.2. The fourth-order valence-corrected chi connectivity index (χ4v) is 2.61. The van der Waals surface area contributed by atoms with Gasteiger partial charge in [0.2, 0.25) is 0 Å². The van der Waals surface area contributed by atoms with Gasteiger partial charge in [-0.15, -0.1) is 0 Å².